The summed E-state index contributed by atoms with van der Waals surface area (Å²) >= 11 is 1.29. The van der Waals surface area contributed by atoms with Crippen molar-refractivity contribution < 1.29 is 14.3 Å². The molecule has 0 bridgehead atoms. The molecular weight excluding hydrogens is 252 g/mol. The molecule has 0 aromatic carbocycles. The molecular formula is C12H18N2O3S. The Labute approximate surface area is 110 Å². The Morgan fingerprint density at radius 3 is 2.83 bits per heavy atom. The van der Waals surface area contributed by atoms with Gasteiger partial charge in [0.2, 0.25) is 0 Å². The number of methoxy groups -OCH3 is 1. The van der Waals surface area contributed by atoms with Crippen LogP contribution in [-0.2, 0) is 4.74 Å². The fourth-order valence-corrected chi connectivity index (χ4v) is 2.65. The zero-order valence-electron chi connectivity index (χ0n) is 10.6. The molecule has 1 saturated carbocycles. The van der Waals surface area contributed by atoms with Gasteiger partial charge in [0.25, 0.3) is 0 Å². The number of thiophene rings is 1. The van der Waals surface area contributed by atoms with Crippen LogP contribution in [0, 0.1) is 5.92 Å². The van der Waals surface area contributed by atoms with Crippen LogP contribution in [0.3, 0.4) is 0 Å². The van der Waals surface area contributed by atoms with Gasteiger partial charge in [-0.05, 0) is 25.7 Å². The number of rotatable bonds is 6. The summed E-state index contributed by atoms with van der Waals surface area (Å²) in [6.45, 7) is 3.01. The first-order valence-electron chi connectivity index (χ1n) is 6.04. The SMILES string of the molecule is CCOC(=O)c1sc(NCC2CC2)c(OC)c1N. The Morgan fingerprint density at radius 2 is 2.28 bits per heavy atom. The predicted octanol–water partition coefficient (Wildman–Crippen LogP) is 2.34. The number of ether oxygens (including phenoxy) is 2. The lowest BCUT2D eigenvalue weighted by atomic mass is 10.3. The van der Waals surface area contributed by atoms with Crippen LogP contribution in [0.25, 0.3) is 0 Å². The van der Waals surface area contributed by atoms with Gasteiger partial charge >= 0.3 is 5.97 Å². The van der Waals surface area contributed by atoms with Gasteiger partial charge in [0.05, 0.1) is 13.7 Å². The third-order valence-electron chi connectivity index (χ3n) is 2.81. The Kier molecular flexibility index (Phi) is 3.96. The van der Waals surface area contributed by atoms with Gasteiger partial charge in [-0.3, -0.25) is 0 Å². The van der Waals surface area contributed by atoms with Crippen LogP contribution in [0.15, 0.2) is 0 Å². The van der Waals surface area contributed by atoms with E-state index in [2.05, 4.69) is 5.32 Å². The summed E-state index contributed by atoms with van der Waals surface area (Å²) in [5.74, 6) is 0.894. The first-order valence-corrected chi connectivity index (χ1v) is 6.86. The van der Waals surface area contributed by atoms with E-state index in [1.54, 1.807) is 14.0 Å². The van der Waals surface area contributed by atoms with Crippen molar-refractivity contribution in [2.45, 2.75) is 19.8 Å². The largest absolute Gasteiger partial charge is 0.492 e. The molecule has 18 heavy (non-hydrogen) atoms. The second kappa shape index (κ2) is 5.48. The summed E-state index contributed by atoms with van der Waals surface area (Å²) in [7, 11) is 1.55. The number of nitrogen functional groups attached to an aromatic ring is 1. The van der Waals surface area contributed by atoms with Crippen molar-refractivity contribution in [2.24, 2.45) is 5.92 Å². The second-order valence-electron chi connectivity index (χ2n) is 4.25. The molecule has 2 rings (SSSR count). The quantitative estimate of drug-likeness (QED) is 0.776. The monoisotopic (exact) mass is 270 g/mol. The summed E-state index contributed by atoms with van der Waals surface area (Å²) in [6, 6.07) is 0. The smallest absolute Gasteiger partial charge is 0.350 e. The van der Waals surface area contributed by atoms with Crippen LogP contribution in [0.2, 0.25) is 0 Å². The maximum Gasteiger partial charge on any atom is 0.350 e. The molecule has 3 N–H and O–H groups in total. The maximum atomic E-state index is 11.7. The van der Waals surface area contributed by atoms with Crippen LogP contribution in [-0.4, -0.2) is 26.2 Å². The van der Waals surface area contributed by atoms with Crippen LogP contribution >= 0.6 is 11.3 Å². The summed E-state index contributed by atoms with van der Waals surface area (Å²) in [5, 5.41) is 4.10. The number of nitrogens with two attached hydrogens (primary N) is 1. The number of carbonyl (C=O) groups excluding carboxylic acids is 1. The molecule has 0 spiro atoms. The Bertz CT molecular complexity index is 441. The van der Waals surface area contributed by atoms with Crippen LogP contribution in [0.5, 0.6) is 5.75 Å². The lowest BCUT2D eigenvalue weighted by Crippen LogP contribution is -2.05. The fourth-order valence-electron chi connectivity index (χ4n) is 1.66. The average molecular weight is 270 g/mol. The van der Waals surface area contributed by atoms with Crippen molar-refractivity contribution in [3.63, 3.8) is 0 Å². The van der Waals surface area contributed by atoms with E-state index in [1.807, 2.05) is 0 Å². The summed E-state index contributed by atoms with van der Waals surface area (Å²) in [5.41, 5.74) is 6.27. The highest BCUT2D eigenvalue weighted by atomic mass is 32.1. The Hall–Kier alpha value is -1.43. The summed E-state index contributed by atoms with van der Waals surface area (Å²) < 4.78 is 10.2. The zero-order chi connectivity index (χ0) is 13.1. The number of carbonyl (C=O) groups is 1. The van der Waals surface area contributed by atoms with Crippen LogP contribution in [0.1, 0.15) is 29.4 Å². The highest BCUT2D eigenvalue weighted by Crippen LogP contribution is 2.43. The molecule has 1 aliphatic carbocycles. The lowest BCUT2D eigenvalue weighted by Gasteiger charge is -2.05. The topological polar surface area (TPSA) is 73.6 Å². The number of esters is 1. The summed E-state index contributed by atoms with van der Waals surface area (Å²) in [6.07, 6.45) is 2.53. The van der Waals surface area contributed by atoms with E-state index in [4.69, 9.17) is 15.2 Å². The molecule has 0 amide bonds. The molecule has 1 aromatic rings. The van der Waals surface area contributed by atoms with Crippen LogP contribution in [0.4, 0.5) is 10.7 Å². The van der Waals surface area contributed by atoms with E-state index in [0.717, 1.165) is 17.5 Å². The molecule has 0 aliphatic heterocycles. The zero-order valence-corrected chi connectivity index (χ0v) is 11.4. The van der Waals surface area contributed by atoms with Gasteiger partial charge in [0.1, 0.15) is 15.6 Å². The molecule has 0 radical (unpaired) electrons. The minimum Gasteiger partial charge on any atom is -0.492 e. The number of nitrogens with one attached hydrogen (secondary N) is 1. The number of hydrogen-bond acceptors (Lipinski definition) is 6. The molecule has 1 aromatic heterocycles. The van der Waals surface area contributed by atoms with Crippen molar-refractivity contribution in [3.8, 4) is 5.75 Å². The summed E-state index contributed by atoms with van der Waals surface area (Å²) in [4.78, 5) is 12.1. The van der Waals surface area contributed by atoms with Gasteiger partial charge in [-0.25, -0.2) is 4.79 Å². The molecule has 5 nitrogen and oxygen atoms in total. The van der Waals surface area contributed by atoms with E-state index < -0.39 is 5.97 Å². The van der Waals surface area contributed by atoms with Gasteiger partial charge in [0.15, 0.2) is 5.75 Å². The van der Waals surface area contributed by atoms with Gasteiger partial charge in [-0.1, -0.05) is 0 Å². The first kappa shape index (κ1) is 13.0. The maximum absolute atomic E-state index is 11.7. The van der Waals surface area contributed by atoms with E-state index in [9.17, 15) is 4.79 Å². The number of anilines is 2. The minimum absolute atomic E-state index is 0.337. The van der Waals surface area contributed by atoms with Crippen molar-refractivity contribution >= 4 is 28.0 Å². The van der Waals surface area contributed by atoms with E-state index in [-0.39, 0.29) is 0 Å². The Morgan fingerprint density at radius 1 is 1.56 bits per heavy atom. The first-order chi connectivity index (χ1) is 8.67. The average Bonchev–Trinajstić information content (AvgIpc) is 3.11. The molecule has 0 atom stereocenters. The molecule has 0 saturated heterocycles. The molecule has 1 fully saturated rings. The van der Waals surface area contributed by atoms with Crippen molar-refractivity contribution in [1.29, 1.82) is 0 Å². The highest BCUT2D eigenvalue weighted by molar-refractivity contribution is 7.19. The van der Waals surface area contributed by atoms with E-state index in [0.29, 0.717) is 22.9 Å². The third-order valence-corrected chi connectivity index (χ3v) is 3.94. The second-order valence-corrected chi connectivity index (χ2v) is 5.27. The van der Waals surface area contributed by atoms with Gasteiger partial charge in [-0.2, -0.15) is 0 Å². The normalized spacial score (nSPS) is 14.3. The van der Waals surface area contributed by atoms with E-state index in [1.165, 1.54) is 24.2 Å². The number of hydrogen-bond donors (Lipinski definition) is 2. The lowest BCUT2D eigenvalue weighted by molar-refractivity contribution is 0.0533. The fraction of sp³-hybridized carbons (Fsp3) is 0.583. The molecule has 100 valence electrons. The van der Waals surface area contributed by atoms with Crippen molar-refractivity contribution in [2.75, 3.05) is 31.3 Å². The highest BCUT2D eigenvalue weighted by Gasteiger charge is 2.25. The van der Waals surface area contributed by atoms with Gasteiger partial charge in [-0.15, -0.1) is 11.3 Å². The molecule has 1 aliphatic rings. The van der Waals surface area contributed by atoms with E-state index >= 15 is 0 Å². The van der Waals surface area contributed by atoms with Crippen molar-refractivity contribution in [3.05, 3.63) is 4.88 Å². The van der Waals surface area contributed by atoms with Gasteiger partial charge in [0, 0.05) is 6.54 Å². The van der Waals surface area contributed by atoms with Crippen LogP contribution < -0.4 is 15.8 Å². The standard InChI is InChI=1S/C12H18N2O3S/c1-3-17-12(15)10-8(13)9(16-2)11(18-10)14-6-7-4-5-7/h7,14H,3-6,13H2,1-2H3. The predicted molar refractivity (Wildman–Crippen MR) is 72.5 cm³/mol. The molecule has 6 heteroatoms. The van der Waals surface area contributed by atoms with Crippen molar-refractivity contribution in [1.82, 2.24) is 0 Å². The molecule has 1 heterocycles. The Balaban J connectivity index is 2.16. The molecule has 0 unspecified atom stereocenters. The minimum atomic E-state index is -0.391. The van der Waals surface area contributed by atoms with Gasteiger partial charge < -0.3 is 20.5 Å². The third kappa shape index (κ3) is 2.69.